The van der Waals surface area contributed by atoms with Gasteiger partial charge in [0.05, 0.1) is 129 Å². The first-order chi connectivity index (χ1) is 54.7. The number of nitrogens with zero attached hydrogens (tertiary/aromatic N) is 12. The third-order valence-corrected chi connectivity index (χ3v) is 20.1. The molecule has 0 saturated carbocycles. The largest absolute Gasteiger partial charge is 0.506 e. The van der Waals surface area contributed by atoms with Gasteiger partial charge in [-0.2, -0.15) is 0 Å². The van der Waals surface area contributed by atoms with Crippen LogP contribution in [0.25, 0.3) is 44.4 Å². The number of aliphatic hydroxyl groups excluding tert-OH is 8. The van der Waals surface area contributed by atoms with E-state index in [-0.39, 0.29) is 47.8 Å². The zero-order valence-corrected chi connectivity index (χ0v) is 62.7. The normalized spacial score (nSPS) is 25.6. The van der Waals surface area contributed by atoms with Gasteiger partial charge in [0.2, 0.25) is 23.6 Å². The summed E-state index contributed by atoms with van der Waals surface area (Å²) in [4.78, 5) is 80.9. The van der Waals surface area contributed by atoms with Crippen LogP contribution in [0.15, 0.2) is 98.6 Å². The van der Waals surface area contributed by atoms with Crippen molar-refractivity contribution in [3.63, 3.8) is 0 Å². The van der Waals surface area contributed by atoms with Gasteiger partial charge in [-0.3, -0.25) is 46.8 Å². The van der Waals surface area contributed by atoms with Crippen LogP contribution in [0, 0.1) is 5.82 Å². The van der Waals surface area contributed by atoms with Gasteiger partial charge in [-0.1, -0.05) is 46.1 Å². The predicted octanol–water partition coefficient (Wildman–Crippen LogP) is -2.18. The molecule has 20 atom stereocenters. The van der Waals surface area contributed by atoms with Crippen LogP contribution in [0.2, 0.25) is 0 Å². The lowest BCUT2D eigenvalue weighted by Crippen LogP contribution is -2.55. The van der Waals surface area contributed by atoms with E-state index in [1.54, 1.807) is 47.4 Å². The Morgan fingerprint density at radius 3 is 1.41 bits per heavy atom. The number of amides is 4. The molecule has 0 aliphatic carbocycles. The summed E-state index contributed by atoms with van der Waals surface area (Å²) in [5, 5.41) is 101. The molecule has 4 amide bonds. The van der Waals surface area contributed by atoms with Crippen molar-refractivity contribution in [2.45, 2.75) is 201 Å². The van der Waals surface area contributed by atoms with Crippen molar-refractivity contribution < 1.29 is 92.9 Å². The molecular weight excluding hydrogens is 1500 g/mol. The van der Waals surface area contributed by atoms with Crippen LogP contribution in [0.5, 0.6) is 5.75 Å². The van der Waals surface area contributed by atoms with Crippen LogP contribution in [-0.2, 0) is 44.7 Å². The maximum Gasteiger partial charge on any atom is 0.240 e. The Bertz CT molecular complexity index is 4650. The number of imidazole rings is 3. The van der Waals surface area contributed by atoms with Crippen molar-refractivity contribution >= 4 is 90.8 Å². The Labute approximate surface area is 650 Å². The molecule has 13 rings (SSSR count). The number of aliphatic hydroxyl groups is 8. The molecule has 620 valence electrons. The summed E-state index contributed by atoms with van der Waals surface area (Å²) >= 11 is 0. The van der Waals surface area contributed by atoms with E-state index in [0.717, 1.165) is 24.8 Å². The first-order valence-corrected chi connectivity index (χ1v) is 37.2. The van der Waals surface area contributed by atoms with Gasteiger partial charge in [0.1, 0.15) is 88.1 Å². The summed E-state index contributed by atoms with van der Waals surface area (Å²) in [6, 6.07) is 4.36. The lowest BCUT2D eigenvalue weighted by atomic mass is 10.0. The predicted molar refractivity (Wildman–Crippen MR) is 408 cm³/mol. The number of aromatic nitrogens is 11. The lowest BCUT2D eigenvalue weighted by molar-refractivity contribution is -0.139. The van der Waals surface area contributed by atoms with Gasteiger partial charge in [-0.05, 0) is 74.1 Å². The second-order valence-corrected chi connectivity index (χ2v) is 28.0. The van der Waals surface area contributed by atoms with E-state index in [9.17, 15) is 73.9 Å². The molecule has 114 heavy (non-hydrogen) atoms. The number of nitrogens with one attached hydrogen (secondary N) is 3. The molecule has 42 heteroatoms. The van der Waals surface area contributed by atoms with Crippen molar-refractivity contribution in [3.8, 4) is 5.75 Å². The van der Waals surface area contributed by atoms with Crippen molar-refractivity contribution in [1.82, 2.24) is 74.0 Å². The summed E-state index contributed by atoms with van der Waals surface area (Å²) in [6.45, 7) is 3.66. The minimum Gasteiger partial charge on any atom is -0.506 e. The number of hydrogen-bond donors (Lipinski definition) is 20. The van der Waals surface area contributed by atoms with Gasteiger partial charge in [0, 0.05) is 43.2 Å². The molecule has 4 aliphatic heterocycles. The number of carbonyl (C=O) groups excluding carboxylic acids is 4. The molecule has 9 aromatic rings. The van der Waals surface area contributed by atoms with E-state index >= 15 is 0 Å². The molecule has 4 saturated heterocycles. The number of nitrogens with two attached hydrogens (primary N) is 8. The Balaban J connectivity index is 0.000000162. The Hall–Kier alpha value is -10.1. The molecular formula is C72H101F2N23O17. The van der Waals surface area contributed by atoms with Crippen LogP contribution in [0.1, 0.15) is 103 Å². The second kappa shape index (κ2) is 38.8. The van der Waals surface area contributed by atoms with Crippen LogP contribution >= 0.6 is 0 Å². The zero-order valence-electron chi connectivity index (χ0n) is 62.7. The topological polar surface area (TPSA) is 645 Å². The van der Waals surface area contributed by atoms with E-state index in [1.165, 1.54) is 68.3 Å². The van der Waals surface area contributed by atoms with Crippen molar-refractivity contribution in [2.75, 3.05) is 56.0 Å². The highest BCUT2D eigenvalue weighted by molar-refractivity contribution is 5.94. The van der Waals surface area contributed by atoms with E-state index in [0.29, 0.717) is 69.7 Å². The summed E-state index contributed by atoms with van der Waals surface area (Å²) in [5.41, 5.74) is 51.7. The minimum absolute atomic E-state index is 0.0744. The first kappa shape index (κ1) is 86.3. The second-order valence-electron chi connectivity index (χ2n) is 28.0. The molecule has 28 N–H and O–H groups in total. The van der Waals surface area contributed by atoms with Crippen LogP contribution in [0.3, 0.4) is 0 Å². The number of halogens is 2. The number of anilines is 4. The SMILES string of the molecule is CCCC(N)C(=O)N(Cc1cccnc1)C1[C@@H](CO)O[C@@H](n2cnc3c(N)ccnc32)[C@H]1O.CCCC(N)C(=O)NC1[C@@H](CO)O[C@@H](n2cc(O)c3c(N)ccnc32)[C@H]1O.CCCC(N)C(=O)NC1[C@@H](CO)O[C@@H](n2cnc3c(N)ccc(F)c32)[C@H]1O.Nc1ccnc2c1ncn2[C@@H]1O[C@H](CO)C(NC(=O)C(N)CCCF)[C@@H]1O. The molecule has 0 radical (unpaired) electrons. The van der Waals surface area contributed by atoms with Crippen molar-refractivity contribution in [1.29, 1.82) is 0 Å². The highest BCUT2D eigenvalue weighted by atomic mass is 19.1. The first-order valence-electron chi connectivity index (χ1n) is 37.2. The van der Waals surface area contributed by atoms with Gasteiger partial charge >= 0.3 is 0 Å². The van der Waals surface area contributed by atoms with Gasteiger partial charge < -0.3 is 132 Å². The van der Waals surface area contributed by atoms with Crippen molar-refractivity contribution in [2.24, 2.45) is 22.9 Å². The number of rotatable bonds is 27. The smallest absolute Gasteiger partial charge is 0.240 e. The number of benzene rings is 1. The van der Waals surface area contributed by atoms with Crippen LogP contribution in [0.4, 0.5) is 31.5 Å². The number of alkyl halides is 1. The van der Waals surface area contributed by atoms with E-state index in [2.05, 4.69) is 50.8 Å². The molecule has 1 aromatic carbocycles. The van der Waals surface area contributed by atoms with Crippen LogP contribution in [-0.4, -0.2) is 258 Å². The monoisotopic (exact) mass is 1600 g/mol. The van der Waals surface area contributed by atoms with E-state index < -0.39 is 179 Å². The van der Waals surface area contributed by atoms with E-state index in [4.69, 9.17) is 64.8 Å². The van der Waals surface area contributed by atoms with Gasteiger partial charge in [0.15, 0.2) is 36.2 Å². The van der Waals surface area contributed by atoms with Gasteiger partial charge in [-0.15, -0.1) is 0 Å². The molecule has 12 heterocycles. The Morgan fingerprint density at radius 2 is 0.939 bits per heavy atom. The number of fused-ring (bicyclic) bond motifs is 4. The van der Waals surface area contributed by atoms with Gasteiger partial charge in [0.25, 0.3) is 0 Å². The standard InChI is InChI=1S/C22H29N7O4.C17H24FN5O4.C17H25N5O5.C16H23FN6O4/c1-2-4-15(24)21(32)28(10-13-5-3-7-25-9-13)18-16(11-30)33-22(19(18)31)29-12-27-17-14(23)6-8-26-20(17)29;1-2-3-10(20)16(26)22-13-11(6-24)27-17(15(13)25)23-7-21-12-9(19)5-4-8(18)14(12)23;1-2-3-9(19)16(26)21-13-11(7-23)27-17(14(13)25)22-6-10(24)12-8(18)4-5-20-15(12)22;17-4-1-2-9(19)15(26)22-12-10(6-24)27-16(13(12)25)23-7-21-11-8(18)3-5-20-14(11)23/h3,5-9,12,15-16,18-19,22,30-31H,2,4,10-11,24H2,1H3,(H2,23,26);4-5,7,10-11,13,15,17,24-25H,2-3,6,19-20H2,1H3,(H,22,26);4-6,9,11,13-14,17,23-25H,2-3,7,19H2,1H3,(H2,18,20)(H,21,26);3,5,7,9-10,12-13,16,24-25H,1-2,4,6,19H2,(H2,18,20)(H,22,26)/t15?,16-,18?,19+,22-;10?,11-,13?,15+,17-;9?,11-,13?,14+,17-;9?,10-,12?,13+,16-/m1111/s1. The summed E-state index contributed by atoms with van der Waals surface area (Å²) < 4.78 is 55.6. The maximum absolute atomic E-state index is 14.3. The van der Waals surface area contributed by atoms with E-state index in [1.807, 2.05) is 26.8 Å². The molecule has 0 bridgehead atoms. The summed E-state index contributed by atoms with van der Waals surface area (Å²) in [6.07, 6.45) is 5.22. The average Bonchev–Trinajstić information content (AvgIpc) is 1.59. The highest BCUT2D eigenvalue weighted by Gasteiger charge is 2.52. The number of pyridine rings is 4. The highest BCUT2D eigenvalue weighted by Crippen LogP contribution is 2.41. The molecule has 40 nitrogen and oxygen atoms in total. The quantitative estimate of drug-likeness (QED) is 0.0243. The van der Waals surface area contributed by atoms with Crippen molar-refractivity contribution in [3.05, 3.63) is 110 Å². The number of aromatic hydroxyl groups is 1. The fourth-order valence-electron chi connectivity index (χ4n) is 14.2. The number of ether oxygens (including phenoxy) is 4. The Kier molecular flexibility index (Phi) is 29.4. The lowest BCUT2D eigenvalue weighted by Gasteiger charge is -2.35. The fourth-order valence-corrected chi connectivity index (χ4v) is 14.2. The van der Waals surface area contributed by atoms with Crippen LogP contribution < -0.4 is 61.8 Å². The molecule has 8 unspecified atom stereocenters. The molecule has 4 aliphatic rings. The summed E-state index contributed by atoms with van der Waals surface area (Å²) in [5.74, 6) is -2.44. The third kappa shape index (κ3) is 18.5. The third-order valence-electron chi connectivity index (χ3n) is 20.1. The number of nitrogen functional groups attached to an aromatic ring is 4. The maximum atomic E-state index is 14.3. The average molecular weight is 1600 g/mol. The molecule has 8 aromatic heterocycles. The fraction of sp³-hybridized carbons (Fsp3) is 0.514. The summed E-state index contributed by atoms with van der Waals surface area (Å²) in [7, 11) is 0. The molecule has 0 spiro atoms. The number of carbonyl (C=O) groups is 4. The Morgan fingerprint density at radius 1 is 0.518 bits per heavy atom. The van der Waals surface area contributed by atoms with Gasteiger partial charge in [-0.25, -0.2) is 34.3 Å². The molecule has 4 fully saturated rings. The minimum atomic E-state index is -1.25. The zero-order chi connectivity index (χ0) is 82.5. The number of hydrogen-bond acceptors (Lipinski definition) is 32.